The second kappa shape index (κ2) is 7.98. The molecule has 0 aromatic rings. The molecule has 0 aliphatic carbocycles. The number of rotatable bonds is 7. The standard InChI is InChI=1S/C8H17O3/c1-3-5-7-11-8(9)10-6-4-2/h8H,3-7H2,1-2H3. The Hall–Kier alpha value is -0.120. The van der Waals surface area contributed by atoms with Gasteiger partial charge in [0.05, 0.1) is 13.2 Å². The van der Waals surface area contributed by atoms with Gasteiger partial charge in [0.2, 0.25) is 0 Å². The van der Waals surface area contributed by atoms with Crippen molar-refractivity contribution in [3.05, 3.63) is 0 Å². The van der Waals surface area contributed by atoms with E-state index >= 15 is 0 Å². The van der Waals surface area contributed by atoms with Crippen molar-refractivity contribution in [2.75, 3.05) is 13.2 Å². The highest BCUT2D eigenvalue weighted by molar-refractivity contribution is 4.30. The van der Waals surface area contributed by atoms with Crippen molar-refractivity contribution in [3.8, 4) is 0 Å². The Morgan fingerprint density at radius 1 is 1.09 bits per heavy atom. The summed E-state index contributed by atoms with van der Waals surface area (Å²) >= 11 is 0. The zero-order valence-electron chi connectivity index (χ0n) is 7.34. The van der Waals surface area contributed by atoms with Crippen LogP contribution in [0.15, 0.2) is 0 Å². The van der Waals surface area contributed by atoms with Gasteiger partial charge in [-0.05, 0) is 12.8 Å². The van der Waals surface area contributed by atoms with Crippen molar-refractivity contribution in [3.63, 3.8) is 0 Å². The fourth-order valence-electron chi connectivity index (χ4n) is 0.586. The lowest BCUT2D eigenvalue weighted by Crippen LogP contribution is -2.15. The molecule has 0 aliphatic heterocycles. The van der Waals surface area contributed by atoms with Crippen LogP contribution in [0.1, 0.15) is 33.1 Å². The first-order chi connectivity index (χ1) is 5.31. The van der Waals surface area contributed by atoms with Gasteiger partial charge in [0.1, 0.15) is 0 Å². The summed E-state index contributed by atoms with van der Waals surface area (Å²) < 4.78 is 9.57. The molecule has 11 heavy (non-hydrogen) atoms. The number of unbranched alkanes of at least 4 members (excludes halogenated alkanes) is 1. The average Bonchev–Trinajstić information content (AvgIpc) is 2.01. The molecule has 0 fully saturated rings. The summed E-state index contributed by atoms with van der Waals surface area (Å²) in [5.41, 5.74) is 0. The van der Waals surface area contributed by atoms with E-state index in [2.05, 4.69) is 6.92 Å². The van der Waals surface area contributed by atoms with Crippen molar-refractivity contribution in [1.82, 2.24) is 0 Å². The van der Waals surface area contributed by atoms with Crippen LogP contribution in [0.25, 0.3) is 0 Å². The monoisotopic (exact) mass is 161 g/mol. The van der Waals surface area contributed by atoms with Gasteiger partial charge in [0.25, 0.3) is 0 Å². The average molecular weight is 161 g/mol. The van der Waals surface area contributed by atoms with Gasteiger partial charge in [-0.25, -0.2) is 0 Å². The molecule has 0 spiro atoms. The molecule has 0 amide bonds. The topological polar surface area (TPSA) is 38.4 Å². The maximum atomic E-state index is 10.7. The molecule has 0 aromatic heterocycles. The van der Waals surface area contributed by atoms with Crippen LogP contribution in [0.2, 0.25) is 0 Å². The predicted octanol–water partition coefficient (Wildman–Crippen LogP) is 1.94. The first-order valence-electron chi connectivity index (χ1n) is 4.20. The smallest absolute Gasteiger partial charge is 0.301 e. The quantitative estimate of drug-likeness (QED) is 0.423. The van der Waals surface area contributed by atoms with Gasteiger partial charge in [-0.2, -0.15) is 5.11 Å². The highest BCUT2D eigenvalue weighted by atomic mass is 16.8. The van der Waals surface area contributed by atoms with Crippen LogP contribution in [-0.2, 0) is 14.6 Å². The third-order valence-corrected chi connectivity index (χ3v) is 1.21. The van der Waals surface area contributed by atoms with Crippen LogP contribution in [0.4, 0.5) is 0 Å². The molecule has 0 aliphatic rings. The van der Waals surface area contributed by atoms with Gasteiger partial charge in [0, 0.05) is 0 Å². The van der Waals surface area contributed by atoms with Crippen molar-refractivity contribution in [1.29, 1.82) is 0 Å². The van der Waals surface area contributed by atoms with E-state index in [0.717, 1.165) is 19.3 Å². The van der Waals surface area contributed by atoms with Gasteiger partial charge in [0.15, 0.2) is 0 Å². The van der Waals surface area contributed by atoms with E-state index in [0.29, 0.717) is 13.2 Å². The molecule has 3 heteroatoms. The van der Waals surface area contributed by atoms with Gasteiger partial charge < -0.3 is 9.47 Å². The third kappa shape index (κ3) is 7.78. The van der Waals surface area contributed by atoms with Crippen LogP contribution in [0, 0.1) is 0 Å². The first kappa shape index (κ1) is 10.9. The van der Waals surface area contributed by atoms with Crippen LogP contribution < -0.4 is 0 Å². The summed E-state index contributed by atoms with van der Waals surface area (Å²) in [7, 11) is 0. The number of hydrogen-bond donors (Lipinski definition) is 0. The van der Waals surface area contributed by atoms with Crippen LogP contribution in [0.5, 0.6) is 0 Å². The van der Waals surface area contributed by atoms with Gasteiger partial charge in [-0.3, -0.25) is 0 Å². The second-order valence-electron chi connectivity index (χ2n) is 2.38. The molecule has 0 N–H and O–H groups in total. The Morgan fingerprint density at radius 2 is 1.73 bits per heavy atom. The Bertz CT molecular complexity index is 75.7. The molecule has 1 atom stereocenters. The van der Waals surface area contributed by atoms with E-state index in [1.54, 1.807) is 0 Å². The summed E-state index contributed by atoms with van der Waals surface area (Å²) in [6.45, 7) is 3.73. The van der Waals surface area contributed by atoms with Crippen molar-refractivity contribution in [2.24, 2.45) is 0 Å². The van der Waals surface area contributed by atoms with E-state index in [-0.39, 0.29) is 0 Å². The Morgan fingerprint density at radius 3 is 2.27 bits per heavy atom. The van der Waals surface area contributed by atoms with E-state index in [4.69, 9.17) is 9.47 Å². The molecular weight excluding hydrogens is 144 g/mol. The van der Waals surface area contributed by atoms with Crippen LogP contribution in [0.3, 0.4) is 0 Å². The maximum absolute atomic E-state index is 10.7. The molecule has 0 aromatic carbocycles. The number of hydrogen-bond acceptors (Lipinski definition) is 2. The first-order valence-corrected chi connectivity index (χ1v) is 4.20. The molecule has 0 rings (SSSR count). The van der Waals surface area contributed by atoms with Crippen molar-refractivity contribution in [2.45, 2.75) is 39.6 Å². The van der Waals surface area contributed by atoms with Gasteiger partial charge >= 0.3 is 6.48 Å². The molecule has 67 valence electrons. The van der Waals surface area contributed by atoms with E-state index < -0.39 is 6.48 Å². The SMILES string of the molecule is CCCCOC([O])OCCC. The molecular formula is C8H17O3. The van der Waals surface area contributed by atoms with E-state index in [1.165, 1.54) is 0 Å². The minimum absolute atomic E-state index is 0.486. The third-order valence-electron chi connectivity index (χ3n) is 1.21. The largest absolute Gasteiger partial charge is 0.328 e. The molecule has 0 bridgehead atoms. The fraction of sp³-hybridized carbons (Fsp3) is 1.00. The zero-order chi connectivity index (χ0) is 8.53. The van der Waals surface area contributed by atoms with Crippen molar-refractivity contribution >= 4 is 0 Å². The van der Waals surface area contributed by atoms with Gasteiger partial charge in [-0.15, -0.1) is 0 Å². The summed E-state index contributed by atoms with van der Waals surface area (Å²) in [6.07, 6.45) is 2.82. The minimum atomic E-state index is -1.28. The molecule has 1 radical (unpaired) electrons. The predicted molar refractivity (Wildman–Crippen MR) is 41.6 cm³/mol. The van der Waals surface area contributed by atoms with Crippen LogP contribution in [-0.4, -0.2) is 19.7 Å². The molecule has 1 unspecified atom stereocenters. The lowest BCUT2D eigenvalue weighted by Gasteiger charge is -2.08. The normalized spacial score (nSPS) is 13.4. The second-order valence-corrected chi connectivity index (χ2v) is 2.38. The van der Waals surface area contributed by atoms with E-state index in [9.17, 15) is 5.11 Å². The Kier molecular flexibility index (Phi) is 7.89. The highest BCUT2D eigenvalue weighted by Crippen LogP contribution is 1.95. The molecule has 0 saturated heterocycles. The lowest BCUT2D eigenvalue weighted by molar-refractivity contribution is -0.292. The summed E-state index contributed by atoms with van der Waals surface area (Å²) in [5, 5.41) is 10.7. The molecule has 0 saturated carbocycles. The lowest BCUT2D eigenvalue weighted by atomic mass is 10.4. The van der Waals surface area contributed by atoms with Crippen molar-refractivity contribution < 1.29 is 14.6 Å². The minimum Gasteiger partial charge on any atom is -0.328 e. The molecule has 3 nitrogen and oxygen atoms in total. The zero-order valence-corrected chi connectivity index (χ0v) is 7.34. The number of ether oxygens (including phenoxy) is 2. The van der Waals surface area contributed by atoms with Gasteiger partial charge in [-0.1, -0.05) is 20.3 Å². The molecule has 0 heterocycles. The Labute approximate surface area is 68.3 Å². The summed E-state index contributed by atoms with van der Waals surface area (Å²) in [4.78, 5) is 0. The summed E-state index contributed by atoms with van der Waals surface area (Å²) in [6, 6.07) is 0. The van der Waals surface area contributed by atoms with Crippen LogP contribution >= 0.6 is 0 Å². The van der Waals surface area contributed by atoms with E-state index in [1.807, 2.05) is 6.92 Å². The maximum Gasteiger partial charge on any atom is 0.301 e. The fourth-order valence-corrected chi connectivity index (χ4v) is 0.586. The highest BCUT2D eigenvalue weighted by Gasteiger charge is 2.03. The summed E-state index contributed by atoms with van der Waals surface area (Å²) in [5.74, 6) is 0. The Balaban J connectivity index is 3.02.